The molecule has 1 unspecified atom stereocenters. The van der Waals surface area contributed by atoms with Crippen molar-refractivity contribution in [1.82, 2.24) is 4.90 Å². The van der Waals surface area contributed by atoms with Gasteiger partial charge in [-0.1, -0.05) is 0 Å². The van der Waals surface area contributed by atoms with Gasteiger partial charge in [-0.3, -0.25) is 0 Å². The first-order valence-electron chi connectivity index (χ1n) is 3.85. The molecule has 1 fully saturated rings. The number of carbonyl (C=O) groups excluding carboxylic acids is 1. The van der Waals surface area contributed by atoms with Gasteiger partial charge in [0.15, 0.2) is 12.1 Å². The van der Waals surface area contributed by atoms with Crippen molar-refractivity contribution >= 4 is 5.94 Å². The van der Waals surface area contributed by atoms with Crippen LogP contribution >= 0.6 is 0 Å². The Hall–Kier alpha value is -0.830. The van der Waals surface area contributed by atoms with E-state index in [1.54, 1.807) is 18.0 Å². The molecule has 4 nitrogen and oxygen atoms in total. The van der Waals surface area contributed by atoms with E-state index in [0.29, 0.717) is 26.3 Å². The zero-order valence-electron chi connectivity index (χ0n) is 7.08. The fourth-order valence-electron chi connectivity index (χ4n) is 1.17. The van der Waals surface area contributed by atoms with E-state index in [0.717, 1.165) is 0 Å². The van der Waals surface area contributed by atoms with E-state index < -0.39 is 0 Å². The molecule has 0 aliphatic carbocycles. The summed E-state index contributed by atoms with van der Waals surface area (Å²) in [5.74, 6) is 1.63. The maximum absolute atomic E-state index is 9.99. The first-order valence-corrected chi connectivity index (χ1v) is 3.85. The second kappa shape index (κ2) is 4.93. The number of methoxy groups -OCH3 is 1. The van der Waals surface area contributed by atoms with Crippen LogP contribution in [0.25, 0.3) is 0 Å². The summed E-state index contributed by atoms with van der Waals surface area (Å²) in [4.78, 5) is 11.8. The molecular formula is C8H12NO3. The van der Waals surface area contributed by atoms with Gasteiger partial charge in [-0.25, -0.2) is 4.79 Å². The normalized spacial score (nSPS) is 23.4. The van der Waals surface area contributed by atoms with Gasteiger partial charge in [0.1, 0.15) is 0 Å². The minimum absolute atomic E-state index is 0.0459. The molecule has 0 aromatic rings. The van der Waals surface area contributed by atoms with Crippen molar-refractivity contribution in [3.8, 4) is 0 Å². The Kier molecular flexibility index (Phi) is 3.80. The van der Waals surface area contributed by atoms with Crippen LogP contribution in [0.5, 0.6) is 0 Å². The highest BCUT2D eigenvalue weighted by Crippen LogP contribution is 2.04. The Morgan fingerprint density at radius 2 is 2.58 bits per heavy atom. The number of morpholine rings is 1. The van der Waals surface area contributed by atoms with Gasteiger partial charge in [0.25, 0.3) is 0 Å². The van der Waals surface area contributed by atoms with Crippen LogP contribution < -0.4 is 0 Å². The van der Waals surface area contributed by atoms with Crippen molar-refractivity contribution in [2.75, 3.05) is 33.4 Å². The van der Waals surface area contributed by atoms with Crippen LogP contribution in [0, 0.1) is 6.20 Å². The minimum atomic E-state index is 0.0459. The van der Waals surface area contributed by atoms with Gasteiger partial charge in [0.2, 0.25) is 0 Å². The lowest BCUT2D eigenvalue weighted by Gasteiger charge is -2.30. The summed E-state index contributed by atoms with van der Waals surface area (Å²) in [7, 11) is 1.63. The molecule has 12 heavy (non-hydrogen) atoms. The molecular weight excluding hydrogens is 158 g/mol. The first kappa shape index (κ1) is 9.26. The van der Waals surface area contributed by atoms with Crippen LogP contribution in [0.2, 0.25) is 0 Å². The summed E-state index contributed by atoms with van der Waals surface area (Å²) in [5, 5.41) is 0. The van der Waals surface area contributed by atoms with Gasteiger partial charge < -0.3 is 14.4 Å². The van der Waals surface area contributed by atoms with Crippen LogP contribution in [0.1, 0.15) is 0 Å². The molecule has 67 valence electrons. The van der Waals surface area contributed by atoms with Gasteiger partial charge in [0, 0.05) is 20.2 Å². The molecule has 1 radical (unpaired) electrons. The Labute approximate surface area is 71.7 Å². The second-order valence-electron chi connectivity index (χ2n) is 2.61. The van der Waals surface area contributed by atoms with Crippen LogP contribution in [0.15, 0.2) is 0 Å². The highest BCUT2D eigenvalue weighted by atomic mass is 16.5. The molecule has 1 aliphatic heterocycles. The lowest BCUT2D eigenvalue weighted by atomic mass is 10.3. The third kappa shape index (κ3) is 2.66. The Balaban J connectivity index is 2.34. The third-order valence-corrected chi connectivity index (χ3v) is 1.70. The summed E-state index contributed by atoms with van der Waals surface area (Å²) >= 11 is 0. The fraction of sp³-hybridized carbons (Fsp3) is 0.750. The molecule has 0 aromatic heterocycles. The van der Waals surface area contributed by atoms with Crippen molar-refractivity contribution in [3.05, 3.63) is 6.20 Å². The number of hydrogen-bond donors (Lipinski definition) is 0. The lowest BCUT2D eigenvalue weighted by Crippen LogP contribution is -2.41. The van der Waals surface area contributed by atoms with Crippen molar-refractivity contribution in [2.24, 2.45) is 0 Å². The third-order valence-electron chi connectivity index (χ3n) is 1.70. The molecule has 0 amide bonds. The number of nitrogens with zero attached hydrogens (tertiary/aromatic N) is 1. The molecule has 1 atom stereocenters. The fourth-order valence-corrected chi connectivity index (χ4v) is 1.17. The quantitative estimate of drug-likeness (QED) is 0.534. The second-order valence-corrected chi connectivity index (χ2v) is 2.61. The number of rotatable bonds is 3. The summed E-state index contributed by atoms with van der Waals surface area (Å²) in [6.45, 7) is 2.53. The Morgan fingerprint density at radius 3 is 3.25 bits per heavy atom. The lowest BCUT2D eigenvalue weighted by molar-refractivity contribution is -0.0507. The molecule has 0 aromatic carbocycles. The maximum Gasteiger partial charge on any atom is 0.158 e. The van der Waals surface area contributed by atoms with E-state index in [4.69, 9.17) is 9.47 Å². The monoisotopic (exact) mass is 170 g/mol. The molecule has 0 spiro atoms. The Bertz CT molecular complexity index is 175. The maximum atomic E-state index is 9.99. The SMILES string of the molecule is COCC1CN([C]=C=O)CCO1. The van der Waals surface area contributed by atoms with Crippen molar-refractivity contribution in [2.45, 2.75) is 6.10 Å². The van der Waals surface area contributed by atoms with Gasteiger partial charge in [0.05, 0.1) is 19.3 Å². The molecule has 0 bridgehead atoms. The minimum Gasteiger partial charge on any atom is -0.382 e. The highest BCUT2D eigenvalue weighted by Gasteiger charge is 2.18. The predicted octanol–water partition coefficient (Wildman–Crippen LogP) is -0.518. The average Bonchev–Trinajstić information content (AvgIpc) is 2.06. The topological polar surface area (TPSA) is 38.8 Å². The molecule has 1 heterocycles. The van der Waals surface area contributed by atoms with Crippen LogP contribution in [-0.4, -0.2) is 50.4 Å². The summed E-state index contributed by atoms with van der Waals surface area (Å²) in [6, 6.07) is 0. The van der Waals surface area contributed by atoms with Crippen LogP contribution in [0.3, 0.4) is 0 Å². The van der Waals surface area contributed by atoms with Gasteiger partial charge in [-0.15, -0.1) is 0 Å². The molecule has 0 saturated carbocycles. The summed E-state index contributed by atoms with van der Waals surface area (Å²) in [5.41, 5.74) is 0. The van der Waals surface area contributed by atoms with E-state index in [1.165, 1.54) is 0 Å². The van der Waals surface area contributed by atoms with Gasteiger partial charge in [-0.05, 0) is 0 Å². The Morgan fingerprint density at radius 1 is 1.75 bits per heavy atom. The van der Waals surface area contributed by atoms with E-state index >= 15 is 0 Å². The van der Waals surface area contributed by atoms with E-state index in [9.17, 15) is 4.79 Å². The highest BCUT2D eigenvalue weighted by molar-refractivity contribution is 5.40. The molecule has 1 saturated heterocycles. The van der Waals surface area contributed by atoms with Gasteiger partial charge >= 0.3 is 0 Å². The molecule has 1 aliphatic rings. The summed E-state index contributed by atoms with van der Waals surface area (Å²) < 4.78 is 10.3. The zero-order valence-corrected chi connectivity index (χ0v) is 7.08. The standard InChI is InChI=1S/C8H12NO3/c1-11-7-8-6-9(2-4-10)3-5-12-8/h8H,3,5-7H2,1H3. The van der Waals surface area contributed by atoms with Crippen molar-refractivity contribution in [3.63, 3.8) is 0 Å². The van der Waals surface area contributed by atoms with Crippen molar-refractivity contribution < 1.29 is 14.3 Å². The smallest absolute Gasteiger partial charge is 0.158 e. The molecule has 0 N–H and O–H groups in total. The van der Waals surface area contributed by atoms with Gasteiger partial charge in [-0.2, -0.15) is 0 Å². The largest absolute Gasteiger partial charge is 0.382 e. The zero-order chi connectivity index (χ0) is 8.81. The predicted molar refractivity (Wildman–Crippen MR) is 42.1 cm³/mol. The molecule has 1 rings (SSSR count). The number of hydrogen-bond acceptors (Lipinski definition) is 4. The average molecular weight is 170 g/mol. The van der Waals surface area contributed by atoms with E-state index in [2.05, 4.69) is 6.20 Å². The van der Waals surface area contributed by atoms with E-state index in [1.807, 2.05) is 0 Å². The summed E-state index contributed by atoms with van der Waals surface area (Å²) in [6.07, 6.45) is 2.51. The van der Waals surface area contributed by atoms with Crippen LogP contribution in [0.4, 0.5) is 0 Å². The van der Waals surface area contributed by atoms with Crippen LogP contribution in [-0.2, 0) is 14.3 Å². The van der Waals surface area contributed by atoms with E-state index in [-0.39, 0.29) is 6.10 Å². The van der Waals surface area contributed by atoms with Crippen molar-refractivity contribution in [1.29, 1.82) is 0 Å². The first-order chi connectivity index (χ1) is 5.86. The molecule has 4 heteroatoms. The number of ether oxygens (including phenoxy) is 2.